The number of amides is 1. The molecule has 4 bridgehead atoms. The van der Waals surface area contributed by atoms with Gasteiger partial charge in [-0.2, -0.15) is 5.10 Å². The Morgan fingerprint density at radius 3 is 2.61 bits per heavy atom. The Labute approximate surface area is 170 Å². The zero-order valence-corrected chi connectivity index (χ0v) is 16.7. The summed E-state index contributed by atoms with van der Waals surface area (Å²) in [6.07, 6.45) is 12.1. The van der Waals surface area contributed by atoms with Gasteiger partial charge in [-0.25, -0.2) is 4.68 Å². The highest BCUT2D eigenvalue weighted by Crippen LogP contribution is 2.61. The fraction of sp³-hybridized carbons (Fsp3) is 0.545. The third kappa shape index (κ3) is 3.77. The second kappa shape index (κ2) is 7.11. The van der Waals surface area contributed by atoms with Gasteiger partial charge < -0.3 is 10.1 Å². The molecule has 28 heavy (non-hydrogen) atoms. The van der Waals surface area contributed by atoms with Crippen LogP contribution in [0.3, 0.4) is 0 Å². The van der Waals surface area contributed by atoms with Crippen LogP contribution in [0.4, 0.5) is 5.69 Å². The molecule has 1 aromatic carbocycles. The second-order valence-corrected chi connectivity index (χ2v) is 9.58. The average molecular weight is 400 g/mol. The number of rotatable bonds is 6. The van der Waals surface area contributed by atoms with Crippen LogP contribution < -0.4 is 10.1 Å². The minimum atomic E-state index is 0.122. The van der Waals surface area contributed by atoms with Gasteiger partial charge in [0.25, 0.3) is 0 Å². The van der Waals surface area contributed by atoms with Gasteiger partial charge >= 0.3 is 0 Å². The summed E-state index contributed by atoms with van der Waals surface area (Å²) >= 11 is 5.97. The highest BCUT2D eigenvalue weighted by molar-refractivity contribution is 6.30. The van der Waals surface area contributed by atoms with Crippen LogP contribution in [0.2, 0.25) is 5.02 Å². The van der Waals surface area contributed by atoms with E-state index in [9.17, 15) is 4.79 Å². The van der Waals surface area contributed by atoms with Crippen molar-refractivity contribution in [3.05, 3.63) is 41.7 Å². The standard InChI is InChI=1S/C22H26ClN3O2/c23-18-2-1-3-20(7-18)28-14-26-13-19(12-24-26)25-21(27)11-22-8-15-4-16(9-22)6-17(5-15)10-22/h1-3,7,12-13,15-17H,4-6,8-11,14H2,(H,25,27). The predicted octanol–water partition coefficient (Wildman–Crippen LogP) is 5.12. The number of ether oxygens (including phenoxy) is 1. The summed E-state index contributed by atoms with van der Waals surface area (Å²) in [6, 6.07) is 7.26. The summed E-state index contributed by atoms with van der Waals surface area (Å²) in [5, 5.41) is 7.96. The molecular formula is C22H26ClN3O2. The lowest BCUT2D eigenvalue weighted by molar-refractivity contribution is -0.124. The molecule has 0 saturated heterocycles. The van der Waals surface area contributed by atoms with E-state index in [-0.39, 0.29) is 18.1 Å². The Bertz CT molecular complexity index is 843. The maximum absolute atomic E-state index is 12.7. The molecular weight excluding hydrogens is 374 g/mol. The first-order valence-corrected chi connectivity index (χ1v) is 10.6. The molecule has 0 unspecified atom stereocenters. The summed E-state index contributed by atoms with van der Waals surface area (Å²) < 4.78 is 7.35. The van der Waals surface area contributed by atoms with Gasteiger partial charge in [-0.1, -0.05) is 17.7 Å². The van der Waals surface area contributed by atoms with Gasteiger partial charge in [0.05, 0.1) is 18.1 Å². The van der Waals surface area contributed by atoms with E-state index in [1.807, 2.05) is 18.3 Å². The maximum atomic E-state index is 12.7. The molecule has 1 amide bonds. The normalized spacial score (nSPS) is 30.4. The summed E-state index contributed by atoms with van der Waals surface area (Å²) in [6.45, 7) is 0.269. The fourth-order valence-electron chi connectivity index (χ4n) is 6.25. The first-order valence-electron chi connectivity index (χ1n) is 10.3. The van der Waals surface area contributed by atoms with Crippen LogP contribution >= 0.6 is 11.6 Å². The molecule has 4 aliphatic rings. The van der Waals surface area contributed by atoms with Gasteiger partial charge in [-0.05, 0) is 79.9 Å². The van der Waals surface area contributed by atoms with E-state index in [0.717, 1.165) is 23.4 Å². The van der Waals surface area contributed by atoms with Gasteiger partial charge in [-0.15, -0.1) is 0 Å². The third-order valence-electron chi connectivity index (χ3n) is 6.78. The van der Waals surface area contributed by atoms with Crippen LogP contribution in [0.15, 0.2) is 36.7 Å². The second-order valence-electron chi connectivity index (χ2n) is 9.14. The zero-order chi connectivity index (χ0) is 19.1. The molecule has 1 aromatic heterocycles. The minimum Gasteiger partial charge on any atom is -0.471 e. The summed E-state index contributed by atoms with van der Waals surface area (Å²) in [7, 11) is 0. The molecule has 6 heteroatoms. The van der Waals surface area contributed by atoms with Crippen molar-refractivity contribution < 1.29 is 9.53 Å². The van der Waals surface area contributed by atoms with Gasteiger partial charge in [0.15, 0.2) is 6.73 Å². The number of aromatic nitrogens is 2. The van der Waals surface area contributed by atoms with Crippen molar-refractivity contribution in [3.63, 3.8) is 0 Å². The SMILES string of the molecule is O=C(CC12CC3CC(CC(C3)C1)C2)Nc1cnn(COc2cccc(Cl)c2)c1. The Hall–Kier alpha value is -2.01. The number of halogens is 1. The molecule has 1 N–H and O–H groups in total. The van der Waals surface area contributed by atoms with Crippen molar-refractivity contribution >= 4 is 23.2 Å². The molecule has 148 valence electrons. The lowest BCUT2D eigenvalue weighted by Crippen LogP contribution is -2.47. The molecule has 6 rings (SSSR count). The average Bonchev–Trinajstić information content (AvgIpc) is 3.05. The highest BCUT2D eigenvalue weighted by atomic mass is 35.5. The largest absolute Gasteiger partial charge is 0.471 e. The van der Waals surface area contributed by atoms with E-state index in [0.29, 0.717) is 17.2 Å². The minimum absolute atomic E-state index is 0.122. The summed E-state index contributed by atoms with van der Waals surface area (Å²) in [4.78, 5) is 12.7. The van der Waals surface area contributed by atoms with Crippen LogP contribution in [0, 0.1) is 23.2 Å². The topological polar surface area (TPSA) is 56.2 Å². The quantitative estimate of drug-likeness (QED) is 0.733. The lowest BCUT2D eigenvalue weighted by atomic mass is 9.49. The van der Waals surface area contributed by atoms with Crippen molar-refractivity contribution in [2.75, 3.05) is 5.32 Å². The number of nitrogens with one attached hydrogen (secondary N) is 1. The molecule has 4 saturated carbocycles. The van der Waals surface area contributed by atoms with Crippen LogP contribution in [0.1, 0.15) is 44.9 Å². The van der Waals surface area contributed by atoms with Crippen LogP contribution in [-0.4, -0.2) is 15.7 Å². The monoisotopic (exact) mass is 399 g/mol. The Kier molecular flexibility index (Phi) is 4.58. The van der Waals surface area contributed by atoms with Gasteiger partial charge in [-0.3, -0.25) is 4.79 Å². The zero-order valence-electron chi connectivity index (χ0n) is 15.9. The number of carbonyl (C=O) groups is 1. The molecule has 5 nitrogen and oxygen atoms in total. The van der Waals surface area contributed by atoms with E-state index in [2.05, 4.69) is 10.4 Å². The number of benzene rings is 1. The Morgan fingerprint density at radius 2 is 1.93 bits per heavy atom. The number of carbonyl (C=O) groups excluding carboxylic acids is 1. The van der Waals surface area contributed by atoms with E-state index in [1.54, 1.807) is 23.0 Å². The van der Waals surface area contributed by atoms with Crippen molar-refractivity contribution in [1.82, 2.24) is 9.78 Å². The third-order valence-corrected chi connectivity index (χ3v) is 7.01. The highest BCUT2D eigenvalue weighted by Gasteiger charge is 2.51. The predicted molar refractivity (Wildman–Crippen MR) is 108 cm³/mol. The fourth-order valence-corrected chi connectivity index (χ4v) is 6.43. The lowest BCUT2D eigenvalue weighted by Gasteiger charge is -2.56. The number of hydrogen-bond acceptors (Lipinski definition) is 3. The molecule has 4 aliphatic carbocycles. The van der Waals surface area contributed by atoms with Crippen molar-refractivity contribution in [1.29, 1.82) is 0 Å². The molecule has 0 radical (unpaired) electrons. The van der Waals surface area contributed by atoms with Gasteiger partial charge in [0, 0.05) is 11.4 Å². The Balaban J connectivity index is 1.16. The molecule has 0 aliphatic heterocycles. The molecule has 4 fully saturated rings. The maximum Gasteiger partial charge on any atom is 0.225 e. The van der Waals surface area contributed by atoms with E-state index < -0.39 is 0 Å². The van der Waals surface area contributed by atoms with E-state index in [1.165, 1.54) is 38.5 Å². The molecule has 0 spiro atoms. The number of nitrogens with zero attached hydrogens (tertiary/aromatic N) is 2. The van der Waals surface area contributed by atoms with Crippen LogP contribution in [-0.2, 0) is 11.5 Å². The smallest absolute Gasteiger partial charge is 0.225 e. The summed E-state index contributed by atoms with van der Waals surface area (Å²) in [5.74, 6) is 3.41. The molecule has 1 heterocycles. The Morgan fingerprint density at radius 1 is 1.21 bits per heavy atom. The van der Waals surface area contributed by atoms with E-state index >= 15 is 0 Å². The van der Waals surface area contributed by atoms with Crippen molar-refractivity contribution in [2.24, 2.45) is 23.2 Å². The van der Waals surface area contributed by atoms with Crippen molar-refractivity contribution in [2.45, 2.75) is 51.7 Å². The van der Waals surface area contributed by atoms with Gasteiger partial charge in [0.2, 0.25) is 5.91 Å². The summed E-state index contributed by atoms with van der Waals surface area (Å²) in [5.41, 5.74) is 0.981. The van der Waals surface area contributed by atoms with Crippen LogP contribution in [0.5, 0.6) is 5.75 Å². The van der Waals surface area contributed by atoms with E-state index in [4.69, 9.17) is 16.3 Å². The van der Waals surface area contributed by atoms with Crippen LogP contribution in [0.25, 0.3) is 0 Å². The number of hydrogen-bond donors (Lipinski definition) is 1. The van der Waals surface area contributed by atoms with Gasteiger partial charge in [0.1, 0.15) is 5.75 Å². The first-order chi connectivity index (χ1) is 13.6. The number of anilines is 1. The molecule has 2 aromatic rings. The first kappa shape index (κ1) is 18.0. The van der Waals surface area contributed by atoms with Crippen molar-refractivity contribution in [3.8, 4) is 5.75 Å². The molecule has 0 atom stereocenters.